The fraction of sp³-hybridized carbons (Fsp3) is 0. The van der Waals surface area contributed by atoms with E-state index in [1.165, 1.54) is 10.3 Å². The van der Waals surface area contributed by atoms with E-state index in [1.807, 2.05) is 24.3 Å². The van der Waals surface area contributed by atoms with Crippen molar-refractivity contribution in [2.75, 3.05) is 0 Å². The highest BCUT2D eigenvalue weighted by Gasteiger charge is 2.26. The highest BCUT2D eigenvalue weighted by atomic mass is 32.1. The van der Waals surface area contributed by atoms with Crippen molar-refractivity contribution >= 4 is 59.5 Å². The molecule has 348 valence electrons. The first-order chi connectivity index (χ1) is 36.7. The number of benzene rings is 10. The molecule has 0 spiro atoms. The maximum Gasteiger partial charge on any atom is 0.160 e. The average Bonchev–Trinajstić information content (AvgIpc) is 4.02. The summed E-state index contributed by atoms with van der Waals surface area (Å²) in [5.41, 5.74) is 19.6. The van der Waals surface area contributed by atoms with Gasteiger partial charge in [-0.3, -0.25) is 0 Å². The molecule has 0 saturated heterocycles. The molecule has 0 radical (unpaired) electrons. The van der Waals surface area contributed by atoms with Crippen LogP contribution in [0, 0.1) is 0 Å². The second kappa shape index (κ2) is 19.3. The van der Waals surface area contributed by atoms with Crippen LogP contribution in [0.5, 0.6) is 0 Å². The smallest absolute Gasteiger partial charge is 0.160 e. The highest BCUT2D eigenvalue weighted by Crippen LogP contribution is 2.49. The molecule has 0 N–H and O–H groups in total. The molecule has 0 unspecified atom stereocenters. The van der Waals surface area contributed by atoms with E-state index in [0.717, 1.165) is 116 Å². The summed E-state index contributed by atoms with van der Waals surface area (Å²) in [6.07, 6.45) is 10.2. The van der Waals surface area contributed by atoms with E-state index < -0.39 is 0 Å². The van der Waals surface area contributed by atoms with Crippen LogP contribution >= 0.6 is 11.3 Å². The zero-order valence-corrected chi connectivity index (χ0v) is 41.3. The summed E-state index contributed by atoms with van der Waals surface area (Å²) >= 11 is 1.76. The Bertz CT molecular complexity index is 4210. The molecule has 0 aliphatic heterocycles. The number of hydrogen-bond acceptors (Lipinski definition) is 3. The van der Waals surface area contributed by atoms with Crippen LogP contribution in [-0.2, 0) is 0 Å². The Morgan fingerprint density at radius 3 is 1.39 bits per heavy atom. The Kier molecular flexibility index (Phi) is 11.6. The van der Waals surface area contributed by atoms with E-state index in [0.29, 0.717) is 5.82 Å². The van der Waals surface area contributed by atoms with Crippen molar-refractivity contribution < 1.29 is 0 Å². The van der Waals surface area contributed by atoms with E-state index in [4.69, 9.17) is 9.97 Å². The molecule has 0 aliphatic carbocycles. The standard InChI is InChI=1S/C70H47N3S/c1-2-3-4-11-38-53-41-61-62-44-57(48-28-14-6-15-29-48)58(49-30-16-7-17-31-49)46-64(62)73(63(61)45-56(53)47-26-12-5-13-27-47)68-59(50-32-18-8-19-33-50)42-54(43-60(68)51-34-20-9-21-35-51)66-69-67(55-39-24-25-40-65(55)74-69)72-70(71-66)52-36-22-10-23-37-52/h2-46H,1H2/b4-3-,38-11+. The number of fused-ring (bicyclic) bond motifs is 6. The van der Waals surface area contributed by atoms with E-state index in [1.54, 1.807) is 11.3 Å². The molecule has 10 aromatic carbocycles. The predicted molar refractivity (Wildman–Crippen MR) is 316 cm³/mol. The molecule has 0 atom stereocenters. The molecule has 74 heavy (non-hydrogen) atoms. The SMILES string of the molecule is C=C/C=C\C=C\c1cc2c3cc(-c4ccccc4)c(-c4ccccc4)cc3n(-c3c(-c4ccccc4)cc(-c4nc(-c5ccccc5)nc5c4sc4ccccc45)cc3-c3ccccc3)c2cc1-c1ccccc1. The maximum absolute atomic E-state index is 5.55. The topological polar surface area (TPSA) is 30.7 Å². The van der Waals surface area contributed by atoms with Crippen molar-refractivity contribution in [3.63, 3.8) is 0 Å². The Morgan fingerprint density at radius 2 is 0.838 bits per heavy atom. The van der Waals surface area contributed by atoms with Crippen molar-refractivity contribution in [3.05, 3.63) is 279 Å². The first-order valence-electron chi connectivity index (χ1n) is 25.0. The first kappa shape index (κ1) is 44.5. The fourth-order valence-electron chi connectivity index (χ4n) is 10.6. The zero-order chi connectivity index (χ0) is 49.4. The van der Waals surface area contributed by atoms with Crippen molar-refractivity contribution in [3.8, 4) is 84.0 Å². The fourth-order valence-corrected chi connectivity index (χ4v) is 11.7. The lowest BCUT2D eigenvalue weighted by Gasteiger charge is -2.22. The largest absolute Gasteiger partial charge is 0.308 e. The van der Waals surface area contributed by atoms with Crippen molar-refractivity contribution in [2.45, 2.75) is 0 Å². The molecule has 0 amide bonds. The van der Waals surface area contributed by atoms with Gasteiger partial charge in [0.05, 0.1) is 32.6 Å². The minimum absolute atomic E-state index is 0.701. The lowest BCUT2D eigenvalue weighted by atomic mass is 9.91. The van der Waals surface area contributed by atoms with Crippen LogP contribution in [0.3, 0.4) is 0 Å². The summed E-state index contributed by atoms with van der Waals surface area (Å²) in [6, 6.07) is 87.6. The third-order valence-corrected chi connectivity index (χ3v) is 15.2. The van der Waals surface area contributed by atoms with Crippen LogP contribution in [0.15, 0.2) is 274 Å². The van der Waals surface area contributed by atoms with E-state index in [9.17, 15) is 0 Å². The van der Waals surface area contributed by atoms with Gasteiger partial charge >= 0.3 is 0 Å². The van der Waals surface area contributed by atoms with E-state index >= 15 is 0 Å². The van der Waals surface area contributed by atoms with Crippen LogP contribution in [-0.4, -0.2) is 14.5 Å². The maximum atomic E-state index is 5.55. The second-order valence-electron chi connectivity index (χ2n) is 18.5. The van der Waals surface area contributed by atoms with Gasteiger partial charge < -0.3 is 4.57 Å². The number of hydrogen-bond donors (Lipinski definition) is 0. The minimum Gasteiger partial charge on any atom is -0.308 e. The first-order valence-corrected chi connectivity index (χ1v) is 25.8. The van der Waals surface area contributed by atoms with Crippen molar-refractivity contribution in [1.29, 1.82) is 0 Å². The number of nitrogens with zero attached hydrogens (tertiary/aromatic N) is 3. The predicted octanol–water partition coefficient (Wildman–Crippen LogP) is 19.4. The van der Waals surface area contributed by atoms with Crippen LogP contribution in [0.4, 0.5) is 0 Å². The molecule has 0 fully saturated rings. The molecule has 4 heteroatoms. The molecule has 3 aromatic heterocycles. The lowest BCUT2D eigenvalue weighted by molar-refractivity contribution is 1.18. The summed E-state index contributed by atoms with van der Waals surface area (Å²) in [7, 11) is 0. The van der Waals surface area contributed by atoms with Gasteiger partial charge in [-0.25, -0.2) is 9.97 Å². The third kappa shape index (κ3) is 8.04. The van der Waals surface area contributed by atoms with Gasteiger partial charge in [0.15, 0.2) is 5.82 Å². The Morgan fingerprint density at radius 1 is 0.378 bits per heavy atom. The minimum atomic E-state index is 0.701. The summed E-state index contributed by atoms with van der Waals surface area (Å²) < 4.78 is 4.80. The van der Waals surface area contributed by atoms with E-state index in [-0.39, 0.29) is 0 Å². The van der Waals surface area contributed by atoms with Gasteiger partial charge in [-0.15, -0.1) is 11.3 Å². The lowest BCUT2D eigenvalue weighted by Crippen LogP contribution is -2.03. The molecule has 3 nitrogen and oxygen atoms in total. The van der Waals surface area contributed by atoms with Crippen LogP contribution in [0.1, 0.15) is 5.56 Å². The molecule has 3 heterocycles. The normalized spacial score (nSPS) is 11.7. The second-order valence-corrected chi connectivity index (χ2v) is 19.5. The average molecular weight is 962 g/mol. The van der Waals surface area contributed by atoms with E-state index in [2.05, 4.69) is 260 Å². The van der Waals surface area contributed by atoms with Gasteiger partial charge in [0.25, 0.3) is 0 Å². The molecular weight excluding hydrogens is 915 g/mol. The van der Waals surface area contributed by atoms with Gasteiger partial charge in [-0.2, -0.15) is 0 Å². The number of rotatable bonds is 11. The molecule has 0 aliphatic rings. The van der Waals surface area contributed by atoms with Gasteiger partial charge in [0.2, 0.25) is 0 Å². The number of thiophene rings is 1. The van der Waals surface area contributed by atoms with Crippen LogP contribution in [0.25, 0.3) is 132 Å². The summed E-state index contributed by atoms with van der Waals surface area (Å²) in [5.74, 6) is 0.701. The molecular formula is C70H47N3S. The highest BCUT2D eigenvalue weighted by molar-refractivity contribution is 7.26. The number of allylic oxidation sites excluding steroid dienone is 4. The molecule has 0 bridgehead atoms. The zero-order valence-electron chi connectivity index (χ0n) is 40.4. The van der Waals surface area contributed by atoms with Gasteiger partial charge in [-0.05, 0) is 92.5 Å². The monoisotopic (exact) mass is 961 g/mol. The Labute approximate surface area is 434 Å². The summed E-state index contributed by atoms with van der Waals surface area (Å²) in [4.78, 5) is 10.9. The Hall–Kier alpha value is -9.48. The van der Waals surface area contributed by atoms with Gasteiger partial charge in [-0.1, -0.05) is 237 Å². The van der Waals surface area contributed by atoms with Gasteiger partial charge in [0.1, 0.15) is 0 Å². The Balaban J connectivity index is 1.21. The molecule has 13 aromatic rings. The van der Waals surface area contributed by atoms with Crippen molar-refractivity contribution in [2.24, 2.45) is 0 Å². The summed E-state index contributed by atoms with van der Waals surface area (Å²) in [5, 5.41) is 3.44. The van der Waals surface area contributed by atoms with Crippen LogP contribution < -0.4 is 0 Å². The van der Waals surface area contributed by atoms with Crippen LogP contribution in [0.2, 0.25) is 0 Å². The summed E-state index contributed by atoms with van der Waals surface area (Å²) in [6.45, 7) is 3.93. The van der Waals surface area contributed by atoms with Crippen molar-refractivity contribution in [1.82, 2.24) is 14.5 Å². The quantitative estimate of drug-likeness (QED) is 0.121. The molecule has 0 saturated carbocycles. The number of aromatic nitrogens is 3. The third-order valence-electron chi connectivity index (χ3n) is 14.0. The molecule has 13 rings (SSSR count). The van der Waals surface area contributed by atoms with Gasteiger partial charge in [0, 0.05) is 43.1 Å².